The first-order valence-electron chi connectivity index (χ1n) is 33.4. The molecule has 6 heteroatoms. The standard InChI is InChI=1S/C71H126O6/c1-4-7-10-13-16-19-22-25-27-29-31-33-35-37-39-41-43-46-49-52-55-58-61-64-70(73)76-67-68(66-75-69(72)63-60-57-54-51-48-45-24-21-18-15-12-9-6-3)77-71(74)65-62-59-56-53-50-47-44-42-40-38-36-34-32-30-28-26-23-20-17-14-11-8-5-2/h22-23,25-26,29-32,35-38,68H,4-21,24,27-28,33-34,39-67H2,1-3H3/b25-22-,26-23-,31-29-,32-30-,37-35-,38-36-. The Balaban J connectivity index is 4.34. The molecule has 0 fully saturated rings. The van der Waals surface area contributed by atoms with E-state index in [-0.39, 0.29) is 31.1 Å². The number of rotatable bonds is 61. The van der Waals surface area contributed by atoms with Crippen LogP contribution in [0.25, 0.3) is 0 Å². The highest BCUT2D eigenvalue weighted by molar-refractivity contribution is 5.71. The molecule has 0 saturated carbocycles. The average molecular weight is 1080 g/mol. The van der Waals surface area contributed by atoms with Crippen molar-refractivity contribution in [2.75, 3.05) is 13.2 Å². The second-order valence-electron chi connectivity index (χ2n) is 22.4. The topological polar surface area (TPSA) is 78.9 Å². The largest absolute Gasteiger partial charge is 0.462 e. The summed E-state index contributed by atoms with van der Waals surface area (Å²) in [5.41, 5.74) is 0. The van der Waals surface area contributed by atoms with E-state index in [4.69, 9.17) is 14.2 Å². The normalized spacial score (nSPS) is 12.5. The van der Waals surface area contributed by atoms with Gasteiger partial charge in [-0.2, -0.15) is 0 Å². The van der Waals surface area contributed by atoms with Gasteiger partial charge in [0.25, 0.3) is 0 Å². The average Bonchev–Trinajstić information content (AvgIpc) is 3.43. The third-order valence-corrected chi connectivity index (χ3v) is 14.7. The molecule has 0 heterocycles. The fourth-order valence-electron chi connectivity index (χ4n) is 9.64. The predicted octanol–water partition coefficient (Wildman–Crippen LogP) is 22.9. The first-order chi connectivity index (χ1) is 38.0. The van der Waals surface area contributed by atoms with Crippen molar-refractivity contribution in [1.29, 1.82) is 0 Å². The number of carbonyl (C=O) groups is 3. The van der Waals surface area contributed by atoms with Crippen molar-refractivity contribution < 1.29 is 28.6 Å². The quantitative estimate of drug-likeness (QED) is 0.0261. The molecule has 0 spiro atoms. The van der Waals surface area contributed by atoms with E-state index in [1.54, 1.807) is 0 Å². The van der Waals surface area contributed by atoms with Crippen molar-refractivity contribution in [3.05, 3.63) is 72.9 Å². The summed E-state index contributed by atoms with van der Waals surface area (Å²) in [6, 6.07) is 0. The number of allylic oxidation sites excluding steroid dienone is 12. The third-order valence-electron chi connectivity index (χ3n) is 14.7. The SMILES string of the molecule is CCCCCCC/C=C\C/C=C\C/C=C\CCCCCCCCCCC(=O)OCC(COC(=O)CCCCCCCCCCCCCCC)OC(=O)CCCCCCCCCC/C=C\C/C=C\C/C=C\CCCCCCC. The number of hydrogen-bond acceptors (Lipinski definition) is 6. The summed E-state index contributed by atoms with van der Waals surface area (Å²) in [6.45, 7) is 6.65. The Labute approximate surface area is 478 Å². The van der Waals surface area contributed by atoms with Gasteiger partial charge in [-0.25, -0.2) is 0 Å². The van der Waals surface area contributed by atoms with E-state index in [9.17, 15) is 14.4 Å². The lowest BCUT2D eigenvalue weighted by atomic mass is 10.0. The first-order valence-corrected chi connectivity index (χ1v) is 33.4. The Morgan fingerprint density at radius 2 is 0.468 bits per heavy atom. The zero-order chi connectivity index (χ0) is 55.7. The minimum absolute atomic E-state index is 0.0779. The maximum absolute atomic E-state index is 12.9. The molecule has 1 unspecified atom stereocenters. The van der Waals surface area contributed by atoms with E-state index in [1.807, 2.05) is 0 Å². The maximum atomic E-state index is 12.9. The van der Waals surface area contributed by atoms with Gasteiger partial charge in [-0.3, -0.25) is 14.4 Å². The predicted molar refractivity (Wildman–Crippen MR) is 335 cm³/mol. The van der Waals surface area contributed by atoms with Crippen LogP contribution in [0.2, 0.25) is 0 Å². The minimum Gasteiger partial charge on any atom is -0.462 e. The van der Waals surface area contributed by atoms with Crippen LogP contribution in [0.15, 0.2) is 72.9 Å². The molecule has 0 bridgehead atoms. The molecule has 6 nitrogen and oxygen atoms in total. The zero-order valence-electron chi connectivity index (χ0n) is 51.2. The van der Waals surface area contributed by atoms with Gasteiger partial charge in [0, 0.05) is 19.3 Å². The molecule has 0 aromatic heterocycles. The molecule has 0 aliphatic rings. The molecule has 77 heavy (non-hydrogen) atoms. The summed E-state index contributed by atoms with van der Waals surface area (Å²) in [5, 5.41) is 0. The van der Waals surface area contributed by atoms with Gasteiger partial charge in [0.2, 0.25) is 0 Å². The highest BCUT2D eigenvalue weighted by Crippen LogP contribution is 2.17. The molecule has 0 rings (SSSR count). The first kappa shape index (κ1) is 73.8. The summed E-state index contributed by atoms with van der Waals surface area (Å²) >= 11 is 0. The molecular weight excluding hydrogens is 949 g/mol. The van der Waals surface area contributed by atoms with Crippen molar-refractivity contribution in [2.45, 2.75) is 348 Å². The molecule has 446 valence electrons. The van der Waals surface area contributed by atoms with Crippen molar-refractivity contribution >= 4 is 17.9 Å². The van der Waals surface area contributed by atoms with Crippen molar-refractivity contribution in [3.8, 4) is 0 Å². The highest BCUT2D eigenvalue weighted by atomic mass is 16.6. The van der Waals surface area contributed by atoms with Crippen LogP contribution in [0.3, 0.4) is 0 Å². The van der Waals surface area contributed by atoms with Crippen LogP contribution in [0.5, 0.6) is 0 Å². The highest BCUT2D eigenvalue weighted by Gasteiger charge is 2.19. The van der Waals surface area contributed by atoms with Crippen LogP contribution >= 0.6 is 0 Å². The van der Waals surface area contributed by atoms with Crippen LogP contribution in [-0.2, 0) is 28.6 Å². The second-order valence-corrected chi connectivity index (χ2v) is 22.4. The molecule has 0 N–H and O–H groups in total. The summed E-state index contributed by atoms with van der Waals surface area (Å²) in [7, 11) is 0. The number of ether oxygens (including phenoxy) is 3. The van der Waals surface area contributed by atoms with Gasteiger partial charge in [0.15, 0.2) is 6.10 Å². The van der Waals surface area contributed by atoms with E-state index in [2.05, 4.69) is 93.7 Å². The Kier molecular flexibility index (Phi) is 62.7. The smallest absolute Gasteiger partial charge is 0.306 e. The zero-order valence-corrected chi connectivity index (χ0v) is 51.2. The van der Waals surface area contributed by atoms with Gasteiger partial charge in [0.1, 0.15) is 13.2 Å². The number of esters is 3. The Morgan fingerprint density at radius 1 is 0.260 bits per heavy atom. The van der Waals surface area contributed by atoms with E-state index < -0.39 is 6.10 Å². The lowest BCUT2D eigenvalue weighted by Gasteiger charge is -2.18. The van der Waals surface area contributed by atoms with Crippen LogP contribution in [-0.4, -0.2) is 37.2 Å². The third kappa shape index (κ3) is 63.6. The number of unbranched alkanes of at least 4 members (excludes halogenated alkanes) is 38. The Bertz CT molecular complexity index is 1420. The number of hydrogen-bond donors (Lipinski definition) is 0. The molecule has 1 atom stereocenters. The number of carbonyl (C=O) groups excluding carboxylic acids is 3. The molecule has 0 amide bonds. The summed E-state index contributed by atoms with van der Waals surface area (Å²) in [5.74, 6) is -0.876. The lowest BCUT2D eigenvalue weighted by Crippen LogP contribution is -2.30. The van der Waals surface area contributed by atoms with Crippen LogP contribution in [0.4, 0.5) is 0 Å². The van der Waals surface area contributed by atoms with E-state index >= 15 is 0 Å². The Hall–Kier alpha value is -3.15. The van der Waals surface area contributed by atoms with Gasteiger partial charge in [-0.05, 0) is 96.3 Å². The van der Waals surface area contributed by atoms with Crippen molar-refractivity contribution in [1.82, 2.24) is 0 Å². The fraction of sp³-hybridized carbons (Fsp3) is 0.789. The molecule has 0 radical (unpaired) electrons. The van der Waals surface area contributed by atoms with Crippen LogP contribution in [0.1, 0.15) is 342 Å². The molecule has 0 aliphatic heterocycles. The molecule has 0 saturated heterocycles. The molecule has 0 aromatic rings. The summed E-state index contributed by atoms with van der Waals surface area (Å²) in [6.07, 6.45) is 84.8. The van der Waals surface area contributed by atoms with Crippen molar-refractivity contribution in [3.63, 3.8) is 0 Å². The maximum Gasteiger partial charge on any atom is 0.306 e. The van der Waals surface area contributed by atoms with Crippen molar-refractivity contribution in [2.24, 2.45) is 0 Å². The van der Waals surface area contributed by atoms with E-state index in [1.165, 1.54) is 205 Å². The van der Waals surface area contributed by atoms with E-state index in [0.717, 1.165) is 96.3 Å². The summed E-state index contributed by atoms with van der Waals surface area (Å²) < 4.78 is 16.9. The van der Waals surface area contributed by atoms with Gasteiger partial charge >= 0.3 is 17.9 Å². The lowest BCUT2D eigenvalue weighted by molar-refractivity contribution is -0.167. The van der Waals surface area contributed by atoms with Gasteiger partial charge < -0.3 is 14.2 Å². The van der Waals surface area contributed by atoms with E-state index in [0.29, 0.717) is 19.3 Å². The molecule has 0 aliphatic carbocycles. The fourth-order valence-corrected chi connectivity index (χ4v) is 9.64. The Morgan fingerprint density at radius 3 is 0.727 bits per heavy atom. The second kappa shape index (κ2) is 65.4. The molecular formula is C71H126O6. The minimum atomic E-state index is -0.783. The molecule has 0 aromatic carbocycles. The van der Waals surface area contributed by atoms with Gasteiger partial charge in [-0.15, -0.1) is 0 Å². The summed E-state index contributed by atoms with van der Waals surface area (Å²) in [4.78, 5) is 38.4. The van der Waals surface area contributed by atoms with Gasteiger partial charge in [-0.1, -0.05) is 299 Å². The van der Waals surface area contributed by atoms with Gasteiger partial charge in [0.05, 0.1) is 0 Å². The van der Waals surface area contributed by atoms with Crippen LogP contribution in [0, 0.1) is 0 Å². The monoisotopic (exact) mass is 1070 g/mol. The van der Waals surface area contributed by atoms with Crippen LogP contribution < -0.4 is 0 Å².